The normalized spacial score (nSPS) is 20.3. The minimum atomic E-state index is -1.61. The summed E-state index contributed by atoms with van der Waals surface area (Å²) in [6.45, 7) is 0. The molecule has 2 atom stereocenters. The molecule has 1 aliphatic heterocycles. The summed E-state index contributed by atoms with van der Waals surface area (Å²) in [5.74, 6) is -0.519. The summed E-state index contributed by atoms with van der Waals surface area (Å²) < 4.78 is 28.2. The van der Waals surface area contributed by atoms with Crippen LogP contribution in [0.1, 0.15) is 17.2 Å². The van der Waals surface area contributed by atoms with Gasteiger partial charge in [0.1, 0.15) is 17.4 Å². The number of rotatable bonds is 2. The molecule has 0 spiro atoms. The van der Waals surface area contributed by atoms with Gasteiger partial charge in [0.2, 0.25) is 0 Å². The van der Waals surface area contributed by atoms with Crippen LogP contribution in [-0.4, -0.2) is 9.48 Å². The molecule has 0 radical (unpaired) electrons. The Kier molecular flexibility index (Phi) is 3.58. The van der Waals surface area contributed by atoms with E-state index in [0.717, 1.165) is 0 Å². The Morgan fingerprint density at radius 2 is 2.10 bits per heavy atom. The molecule has 3 rings (SSSR count). The second kappa shape index (κ2) is 5.27. The van der Waals surface area contributed by atoms with E-state index in [1.165, 1.54) is 30.3 Å². The molecule has 0 aliphatic carbocycles. The fraction of sp³-hybridized carbons (Fsp3) is 0.0769. The molecule has 0 fully saturated rings. The molecule has 0 bridgehead atoms. The lowest BCUT2D eigenvalue weighted by molar-refractivity contribution is -0.385. The Morgan fingerprint density at radius 1 is 1.33 bits per heavy atom. The summed E-state index contributed by atoms with van der Waals surface area (Å²) in [6, 6.07) is 7.28. The number of nitrogens with one attached hydrogen (secondary N) is 1. The van der Waals surface area contributed by atoms with Crippen LogP contribution in [0.25, 0.3) is 0 Å². The van der Waals surface area contributed by atoms with Crippen LogP contribution in [0, 0.1) is 15.9 Å². The molecule has 2 unspecified atom stereocenters. The van der Waals surface area contributed by atoms with Crippen molar-refractivity contribution in [3.8, 4) is 0 Å². The molecular weight excluding hydrogens is 319 g/mol. The van der Waals surface area contributed by atoms with Gasteiger partial charge < -0.3 is 4.55 Å². The van der Waals surface area contributed by atoms with Gasteiger partial charge >= 0.3 is 0 Å². The van der Waals surface area contributed by atoms with Crippen molar-refractivity contribution in [2.45, 2.75) is 10.9 Å². The molecule has 0 amide bonds. The molecule has 1 heterocycles. The van der Waals surface area contributed by atoms with E-state index < -0.39 is 28.1 Å². The summed E-state index contributed by atoms with van der Waals surface area (Å²) >= 11 is 4.44. The number of benzene rings is 2. The molecule has 8 heteroatoms. The summed E-state index contributed by atoms with van der Waals surface area (Å²) in [7, 11) is 0. The standard InChI is InChI=1S/C13H8ClFN2O3S/c14-9-5-4-7(15)6-8(9)13-12-10(17(18)19)2-1-3-11(12)21(20)16-13/h1-6,13,16H. The molecule has 1 N–H and O–H groups in total. The van der Waals surface area contributed by atoms with Gasteiger partial charge in [-0.15, -0.1) is 4.72 Å². The second-order valence-electron chi connectivity index (χ2n) is 4.43. The first-order valence-electron chi connectivity index (χ1n) is 5.89. The number of hydrogen-bond donors (Lipinski definition) is 1. The Labute approximate surface area is 127 Å². The molecule has 0 saturated heterocycles. The zero-order valence-electron chi connectivity index (χ0n) is 10.4. The third kappa shape index (κ3) is 2.38. The Balaban J connectivity index is 2.21. The van der Waals surface area contributed by atoms with Crippen molar-refractivity contribution >= 4 is 28.7 Å². The fourth-order valence-corrected chi connectivity index (χ4v) is 3.76. The molecule has 21 heavy (non-hydrogen) atoms. The molecule has 0 saturated carbocycles. The molecule has 108 valence electrons. The summed E-state index contributed by atoms with van der Waals surface area (Å²) in [6.07, 6.45) is 0. The van der Waals surface area contributed by atoms with E-state index >= 15 is 0 Å². The first-order valence-corrected chi connectivity index (χ1v) is 7.42. The monoisotopic (exact) mass is 326 g/mol. The van der Waals surface area contributed by atoms with Gasteiger partial charge in [-0.25, -0.2) is 4.39 Å². The molecule has 1 aliphatic rings. The van der Waals surface area contributed by atoms with Crippen LogP contribution in [-0.2, 0) is 11.4 Å². The van der Waals surface area contributed by atoms with Crippen LogP contribution < -0.4 is 4.72 Å². The van der Waals surface area contributed by atoms with E-state index in [9.17, 15) is 19.1 Å². The minimum absolute atomic E-state index is 0.170. The van der Waals surface area contributed by atoms with Gasteiger partial charge in [-0.1, -0.05) is 17.7 Å². The lowest BCUT2D eigenvalue weighted by Crippen LogP contribution is -2.21. The second-order valence-corrected chi connectivity index (χ2v) is 6.05. The van der Waals surface area contributed by atoms with E-state index in [2.05, 4.69) is 4.72 Å². The number of nitro benzene ring substituents is 1. The summed E-state index contributed by atoms with van der Waals surface area (Å²) in [4.78, 5) is 10.9. The van der Waals surface area contributed by atoms with Crippen molar-refractivity contribution in [1.82, 2.24) is 4.72 Å². The SMILES string of the molecule is O=[N+]([O-])c1cccc2c1C(c1cc(F)ccc1Cl)N[S+]2[O-]. The van der Waals surface area contributed by atoms with Crippen molar-refractivity contribution in [2.75, 3.05) is 0 Å². The number of fused-ring (bicyclic) bond motifs is 1. The van der Waals surface area contributed by atoms with Crippen molar-refractivity contribution in [1.29, 1.82) is 0 Å². The van der Waals surface area contributed by atoms with Crippen LogP contribution >= 0.6 is 11.6 Å². The predicted molar refractivity (Wildman–Crippen MR) is 75.9 cm³/mol. The lowest BCUT2D eigenvalue weighted by Gasteiger charge is -2.11. The highest BCUT2D eigenvalue weighted by Crippen LogP contribution is 2.42. The van der Waals surface area contributed by atoms with Crippen LogP contribution in [0.4, 0.5) is 10.1 Å². The van der Waals surface area contributed by atoms with Gasteiger partial charge in [-0.2, -0.15) is 0 Å². The Bertz CT molecular complexity index is 743. The van der Waals surface area contributed by atoms with E-state index in [1.54, 1.807) is 6.07 Å². The maximum absolute atomic E-state index is 13.4. The summed E-state index contributed by atoms with van der Waals surface area (Å²) in [5, 5.41) is 11.4. The first-order chi connectivity index (χ1) is 9.99. The van der Waals surface area contributed by atoms with Crippen LogP contribution in [0.15, 0.2) is 41.3 Å². The topological polar surface area (TPSA) is 78.2 Å². The van der Waals surface area contributed by atoms with E-state index in [-0.39, 0.29) is 16.3 Å². The molecule has 2 aromatic carbocycles. The Morgan fingerprint density at radius 3 is 2.81 bits per heavy atom. The number of nitro groups is 1. The lowest BCUT2D eigenvalue weighted by atomic mass is 9.98. The average molecular weight is 327 g/mol. The van der Waals surface area contributed by atoms with Crippen molar-refractivity contribution in [3.05, 3.63) is 68.5 Å². The maximum atomic E-state index is 13.4. The number of nitrogens with zero attached hydrogens (tertiary/aromatic N) is 1. The zero-order chi connectivity index (χ0) is 15.1. The number of halogens is 2. The smallest absolute Gasteiger partial charge is 0.279 e. The molecule has 2 aromatic rings. The predicted octanol–water partition coefficient (Wildman–Crippen LogP) is 3.10. The van der Waals surface area contributed by atoms with Gasteiger partial charge in [0.15, 0.2) is 4.90 Å². The molecule has 5 nitrogen and oxygen atoms in total. The highest BCUT2D eigenvalue weighted by atomic mass is 35.5. The summed E-state index contributed by atoms with van der Waals surface area (Å²) in [5.41, 5.74) is 0.405. The zero-order valence-corrected chi connectivity index (χ0v) is 12.0. The van der Waals surface area contributed by atoms with Gasteiger partial charge in [-0.05, 0) is 29.8 Å². The van der Waals surface area contributed by atoms with Gasteiger partial charge in [0, 0.05) is 11.1 Å². The quantitative estimate of drug-likeness (QED) is 0.522. The third-order valence-electron chi connectivity index (χ3n) is 3.22. The van der Waals surface area contributed by atoms with Gasteiger partial charge in [0.25, 0.3) is 5.69 Å². The molecular formula is C13H8ClFN2O3S. The number of hydrogen-bond acceptors (Lipinski definition) is 4. The Hall–Kier alpha value is -1.67. The van der Waals surface area contributed by atoms with Crippen molar-refractivity contribution in [2.24, 2.45) is 0 Å². The third-order valence-corrected chi connectivity index (χ3v) is 4.77. The highest BCUT2D eigenvalue weighted by molar-refractivity contribution is 7.89. The van der Waals surface area contributed by atoms with Crippen LogP contribution in [0.3, 0.4) is 0 Å². The van der Waals surface area contributed by atoms with Crippen molar-refractivity contribution in [3.63, 3.8) is 0 Å². The largest absolute Gasteiger partial charge is 0.593 e. The fourth-order valence-electron chi connectivity index (χ4n) is 2.33. The van der Waals surface area contributed by atoms with Gasteiger partial charge in [0.05, 0.1) is 16.3 Å². The highest BCUT2D eigenvalue weighted by Gasteiger charge is 2.41. The van der Waals surface area contributed by atoms with Crippen LogP contribution in [0.2, 0.25) is 5.02 Å². The molecule has 0 aromatic heterocycles. The maximum Gasteiger partial charge on any atom is 0.279 e. The van der Waals surface area contributed by atoms with Crippen molar-refractivity contribution < 1.29 is 13.9 Å². The van der Waals surface area contributed by atoms with E-state index in [4.69, 9.17) is 11.6 Å². The van der Waals surface area contributed by atoms with E-state index in [1.807, 2.05) is 0 Å². The van der Waals surface area contributed by atoms with Crippen LogP contribution in [0.5, 0.6) is 0 Å². The average Bonchev–Trinajstić information content (AvgIpc) is 2.79. The first kappa shape index (κ1) is 14.3. The van der Waals surface area contributed by atoms with Gasteiger partial charge in [-0.3, -0.25) is 10.1 Å². The minimum Gasteiger partial charge on any atom is -0.593 e. The van der Waals surface area contributed by atoms with E-state index in [0.29, 0.717) is 10.5 Å².